The Bertz CT molecular complexity index is 728. The molecule has 3 amide bonds. The normalized spacial score (nSPS) is 14.1. The minimum absolute atomic E-state index is 0.00690. The molecule has 0 aliphatic carbocycles. The molecular formula is C21H25N3O2S2. The Morgan fingerprint density at radius 3 is 2.07 bits per heavy atom. The molecule has 2 aromatic rings. The first-order valence-electron chi connectivity index (χ1n) is 9.25. The zero-order chi connectivity index (χ0) is 19.8. The lowest BCUT2D eigenvalue weighted by molar-refractivity contribution is -0.122. The van der Waals surface area contributed by atoms with E-state index in [1.165, 1.54) is 4.90 Å². The highest BCUT2D eigenvalue weighted by atomic mass is 32.2. The molecule has 1 saturated heterocycles. The lowest BCUT2D eigenvalue weighted by Crippen LogP contribution is -2.45. The molecule has 0 unspecified atom stereocenters. The third-order valence-corrected chi connectivity index (χ3v) is 7.44. The van der Waals surface area contributed by atoms with Gasteiger partial charge in [0.05, 0.1) is 10.6 Å². The Labute approximate surface area is 174 Å². The van der Waals surface area contributed by atoms with E-state index in [4.69, 9.17) is 0 Å². The molecule has 0 saturated carbocycles. The smallest absolute Gasteiger partial charge is 0.317 e. The maximum atomic E-state index is 12.6. The van der Waals surface area contributed by atoms with Crippen molar-refractivity contribution in [3.05, 3.63) is 71.8 Å². The van der Waals surface area contributed by atoms with Crippen LogP contribution < -0.4 is 10.6 Å². The summed E-state index contributed by atoms with van der Waals surface area (Å²) in [6.07, 6.45) is 0. The molecule has 0 radical (unpaired) electrons. The zero-order valence-corrected chi connectivity index (χ0v) is 17.5. The van der Waals surface area contributed by atoms with Gasteiger partial charge in [-0.2, -0.15) is 0 Å². The van der Waals surface area contributed by atoms with Gasteiger partial charge in [0.15, 0.2) is 0 Å². The van der Waals surface area contributed by atoms with Crippen LogP contribution in [0.25, 0.3) is 0 Å². The number of hydrogen-bond acceptors (Lipinski definition) is 4. The average molecular weight is 416 g/mol. The maximum Gasteiger partial charge on any atom is 0.317 e. The summed E-state index contributed by atoms with van der Waals surface area (Å²) in [5.41, 5.74) is 2.01. The number of likely N-dealkylation sites (N-methyl/N-ethyl adjacent to an activating group) is 1. The first-order chi connectivity index (χ1) is 13.6. The standard InChI is InChI=1S/C21H25N3O2S2/c1-24(21(26)22-14-19-27-12-13-28-19)15-18(25)23-20(16-8-4-2-5-9-16)17-10-6-3-7-11-17/h2-11,19-20H,12-15H2,1H3,(H,22,26)(H,23,25). The number of benzene rings is 2. The minimum Gasteiger partial charge on any atom is -0.344 e. The molecule has 5 nitrogen and oxygen atoms in total. The van der Waals surface area contributed by atoms with Crippen molar-refractivity contribution in [3.8, 4) is 0 Å². The van der Waals surface area contributed by atoms with Gasteiger partial charge in [0, 0.05) is 25.1 Å². The van der Waals surface area contributed by atoms with E-state index in [0.29, 0.717) is 11.1 Å². The van der Waals surface area contributed by atoms with Crippen LogP contribution in [-0.2, 0) is 4.79 Å². The average Bonchev–Trinajstić information content (AvgIpc) is 3.25. The molecule has 0 atom stereocenters. The molecule has 1 aliphatic heterocycles. The number of nitrogens with one attached hydrogen (secondary N) is 2. The molecule has 0 bridgehead atoms. The number of urea groups is 1. The van der Waals surface area contributed by atoms with Gasteiger partial charge in [-0.1, -0.05) is 60.7 Å². The lowest BCUT2D eigenvalue weighted by atomic mass is 9.99. The van der Waals surface area contributed by atoms with E-state index in [2.05, 4.69) is 10.6 Å². The van der Waals surface area contributed by atoms with Crippen LogP contribution in [-0.4, -0.2) is 53.1 Å². The Hall–Kier alpha value is -2.12. The molecule has 0 spiro atoms. The van der Waals surface area contributed by atoms with Crippen LogP contribution in [0.5, 0.6) is 0 Å². The van der Waals surface area contributed by atoms with Gasteiger partial charge in [-0.3, -0.25) is 4.79 Å². The van der Waals surface area contributed by atoms with E-state index >= 15 is 0 Å². The first-order valence-corrected chi connectivity index (χ1v) is 11.3. The van der Waals surface area contributed by atoms with Crippen molar-refractivity contribution in [1.82, 2.24) is 15.5 Å². The van der Waals surface area contributed by atoms with Crippen LogP contribution in [0.1, 0.15) is 17.2 Å². The van der Waals surface area contributed by atoms with Gasteiger partial charge in [-0.05, 0) is 11.1 Å². The molecule has 28 heavy (non-hydrogen) atoms. The second kappa shape index (κ2) is 10.4. The number of nitrogens with zero attached hydrogens (tertiary/aromatic N) is 1. The quantitative estimate of drug-likeness (QED) is 0.728. The Morgan fingerprint density at radius 1 is 1.00 bits per heavy atom. The van der Waals surface area contributed by atoms with Crippen LogP contribution >= 0.6 is 23.5 Å². The molecule has 2 aromatic carbocycles. The highest BCUT2D eigenvalue weighted by Crippen LogP contribution is 2.30. The maximum absolute atomic E-state index is 12.6. The fourth-order valence-corrected chi connectivity index (χ4v) is 5.63. The number of carbonyl (C=O) groups excluding carboxylic acids is 2. The summed E-state index contributed by atoms with van der Waals surface area (Å²) in [5, 5.41) is 5.98. The molecule has 148 valence electrons. The number of amides is 3. The number of hydrogen-bond donors (Lipinski definition) is 2. The van der Waals surface area contributed by atoms with E-state index in [9.17, 15) is 9.59 Å². The number of thioether (sulfide) groups is 2. The van der Waals surface area contributed by atoms with E-state index in [-0.39, 0.29) is 24.5 Å². The number of carbonyl (C=O) groups is 2. The van der Waals surface area contributed by atoms with Crippen LogP contribution in [0.2, 0.25) is 0 Å². The Balaban J connectivity index is 1.58. The van der Waals surface area contributed by atoms with Gasteiger partial charge in [-0.25, -0.2) is 4.79 Å². The summed E-state index contributed by atoms with van der Waals surface area (Å²) in [6.45, 7) is 0.629. The van der Waals surface area contributed by atoms with Crippen molar-refractivity contribution >= 4 is 35.5 Å². The third kappa shape index (κ3) is 5.94. The molecule has 3 rings (SSSR count). The first kappa shape index (κ1) is 20.6. The molecule has 7 heteroatoms. The van der Waals surface area contributed by atoms with Crippen LogP contribution in [0.15, 0.2) is 60.7 Å². The molecule has 2 N–H and O–H groups in total. The largest absolute Gasteiger partial charge is 0.344 e. The van der Waals surface area contributed by atoms with E-state index in [1.54, 1.807) is 7.05 Å². The van der Waals surface area contributed by atoms with Crippen molar-refractivity contribution in [2.45, 2.75) is 10.6 Å². The summed E-state index contributed by atoms with van der Waals surface area (Å²) in [4.78, 5) is 26.3. The second-order valence-electron chi connectivity index (χ2n) is 6.54. The molecule has 0 aromatic heterocycles. The Morgan fingerprint density at radius 2 is 1.54 bits per heavy atom. The van der Waals surface area contributed by atoms with E-state index < -0.39 is 0 Å². The Kier molecular flexibility index (Phi) is 7.68. The summed E-state index contributed by atoms with van der Waals surface area (Å²) in [5.74, 6) is 2.06. The highest BCUT2D eigenvalue weighted by molar-refractivity contribution is 8.20. The van der Waals surface area contributed by atoms with Crippen LogP contribution in [0.3, 0.4) is 0 Å². The van der Waals surface area contributed by atoms with Crippen molar-refractivity contribution in [1.29, 1.82) is 0 Å². The van der Waals surface area contributed by atoms with E-state index in [0.717, 1.165) is 22.6 Å². The number of rotatable bonds is 7. The highest BCUT2D eigenvalue weighted by Gasteiger charge is 2.21. The topological polar surface area (TPSA) is 61.4 Å². The lowest BCUT2D eigenvalue weighted by Gasteiger charge is -2.23. The summed E-state index contributed by atoms with van der Waals surface area (Å²) in [7, 11) is 1.64. The van der Waals surface area contributed by atoms with Gasteiger partial charge >= 0.3 is 6.03 Å². The fourth-order valence-electron chi connectivity index (χ4n) is 2.97. The van der Waals surface area contributed by atoms with Gasteiger partial charge in [0.1, 0.15) is 6.54 Å². The van der Waals surface area contributed by atoms with Gasteiger partial charge in [0.2, 0.25) is 5.91 Å². The molecule has 1 aliphatic rings. The van der Waals surface area contributed by atoms with Crippen LogP contribution in [0, 0.1) is 0 Å². The van der Waals surface area contributed by atoms with Crippen LogP contribution in [0.4, 0.5) is 4.79 Å². The van der Waals surface area contributed by atoms with Crippen molar-refractivity contribution in [3.63, 3.8) is 0 Å². The molecule has 1 fully saturated rings. The summed E-state index contributed by atoms with van der Waals surface area (Å²) >= 11 is 3.73. The molecule has 1 heterocycles. The fraction of sp³-hybridized carbons (Fsp3) is 0.333. The molecular weight excluding hydrogens is 390 g/mol. The second-order valence-corrected chi connectivity index (χ2v) is 9.45. The van der Waals surface area contributed by atoms with Gasteiger partial charge < -0.3 is 15.5 Å². The van der Waals surface area contributed by atoms with Crippen molar-refractivity contribution in [2.75, 3.05) is 31.6 Å². The summed E-state index contributed by atoms with van der Waals surface area (Å²) < 4.78 is 0.409. The van der Waals surface area contributed by atoms with Gasteiger partial charge in [0.25, 0.3) is 0 Å². The van der Waals surface area contributed by atoms with Crippen molar-refractivity contribution in [2.24, 2.45) is 0 Å². The van der Waals surface area contributed by atoms with E-state index in [1.807, 2.05) is 84.2 Å². The monoisotopic (exact) mass is 415 g/mol. The van der Waals surface area contributed by atoms with Crippen molar-refractivity contribution < 1.29 is 9.59 Å². The zero-order valence-electron chi connectivity index (χ0n) is 15.8. The van der Waals surface area contributed by atoms with Gasteiger partial charge in [-0.15, -0.1) is 23.5 Å². The summed E-state index contributed by atoms with van der Waals surface area (Å²) in [6, 6.07) is 19.2. The predicted octanol–water partition coefficient (Wildman–Crippen LogP) is 3.34. The minimum atomic E-state index is -0.252. The third-order valence-electron chi connectivity index (χ3n) is 4.41. The SMILES string of the molecule is CN(CC(=O)NC(c1ccccc1)c1ccccc1)C(=O)NCC1SCCS1. The predicted molar refractivity (Wildman–Crippen MR) is 118 cm³/mol.